The number of methoxy groups -OCH3 is 1. The molecule has 4 rings (SSSR count). The van der Waals surface area contributed by atoms with Crippen molar-refractivity contribution in [3.05, 3.63) is 69.2 Å². The van der Waals surface area contributed by atoms with Crippen molar-refractivity contribution in [3.8, 4) is 22.5 Å². The van der Waals surface area contributed by atoms with Crippen LogP contribution in [-0.4, -0.2) is 39.5 Å². The van der Waals surface area contributed by atoms with E-state index in [9.17, 15) is 9.59 Å². The van der Waals surface area contributed by atoms with Gasteiger partial charge in [0.1, 0.15) is 10.6 Å². The van der Waals surface area contributed by atoms with Crippen LogP contribution in [0.3, 0.4) is 0 Å². The van der Waals surface area contributed by atoms with E-state index in [-0.39, 0.29) is 11.7 Å². The molecule has 1 N–H and O–H groups in total. The number of amides is 1. The number of halogens is 1. The Morgan fingerprint density at radius 1 is 1.19 bits per heavy atom. The largest absolute Gasteiger partial charge is 0.465 e. The first-order valence-electron chi connectivity index (χ1n) is 10.9. The number of hydrogen-bond donors (Lipinski definition) is 1. The molecule has 186 valence electrons. The number of nitrogens with one attached hydrogen (secondary N) is 1. The van der Waals surface area contributed by atoms with Gasteiger partial charge in [-0.2, -0.15) is 0 Å². The van der Waals surface area contributed by atoms with Crippen LogP contribution >= 0.6 is 46.0 Å². The lowest BCUT2D eigenvalue weighted by Gasteiger charge is -2.09. The molecule has 0 aliphatic heterocycles. The van der Waals surface area contributed by atoms with Crippen LogP contribution in [0.15, 0.2) is 58.9 Å². The highest BCUT2D eigenvalue weighted by molar-refractivity contribution is 7.99. The number of thioether (sulfide) groups is 1. The lowest BCUT2D eigenvalue weighted by molar-refractivity contribution is -0.113. The maximum absolute atomic E-state index is 12.9. The summed E-state index contributed by atoms with van der Waals surface area (Å²) >= 11 is 10.2. The monoisotopic (exact) mass is 558 g/mol. The van der Waals surface area contributed by atoms with Crippen molar-refractivity contribution in [2.45, 2.75) is 25.0 Å². The Bertz CT molecular complexity index is 1390. The second kappa shape index (κ2) is 11.9. The topological polar surface area (TPSA) is 86.1 Å². The molecule has 7 nitrogen and oxygen atoms in total. The van der Waals surface area contributed by atoms with E-state index < -0.39 is 5.97 Å². The van der Waals surface area contributed by atoms with E-state index in [2.05, 4.69) is 40.5 Å². The number of allylic oxidation sites excluding steroid dienone is 1. The summed E-state index contributed by atoms with van der Waals surface area (Å²) in [5, 5.41) is 17.0. The van der Waals surface area contributed by atoms with E-state index >= 15 is 0 Å². The van der Waals surface area contributed by atoms with Crippen LogP contribution in [-0.2, 0) is 22.5 Å². The number of anilines is 1. The van der Waals surface area contributed by atoms with Gasteiger partial charge in [0.15, 0.2) is 11.0 Å². The highest BCUT2D eigenvalue weighted by Gasteiger charge is 2.23. The normalized spacial score (nSPS) is 10.9. The Morgan fingerprint density at radius 3 is 2.64 bits per heavy atom. The van der Waals surface area contributed by atoms with Crippen LogP contribution in [0.1, 0.15) is 22.2 Å². The maximum atomic E-state index is 12.9. The number of thiophene rings is 2. The van der Waals surface area contributed by atoms with Crippen LogP contribution in [0.4, 0.5) is 5.00 Å². The van der Waals surface area contributed by atoms with Crippen LogP contribution < -0.4 is 5.32 Å². The average Bonchev–Trinajstić information content (AvgIpc) is 3.61. The van der Waals surface area contributed by atoms with Gasteiger partial charge in [-0.25, -0.2) is 4.79 Å². The summed E-state index contributed by atoms with van der Waals surface area (Å²) in [6, 6.07) is 9.24. The van der Waals surface area contributed by atoms with Crippen molar-refractivity contribution >= 4 is 62.9 Å². The van der Waals surface area contributed by atoms with Crippen molar-refractivity contribution in [3.63, 3.8) is 0 Å². The molecule has 4 aromatic rings. The van der Waals surface area contributed by atoms with Gasteiger partial charge in [-0.3, -0.25) is 9.36 Å². The number of hydrogen-bond acceptors (Lipinski definition) is 8. The van der Waals surface area contributed by atoms with Crippen molar-refractivity contribution in [1.29, 1.82) is 0 Å². The van der Waals surface area contributed by atoms with Gasteiger partial charge in [0.25, 0.3) is 0 Å². The molecule has 0 saturated carbocycles. The number of esters is 1. The van der Waals surface area contributed by atoms with Crippen LogP contribution in [0.2, 0.25) is 5.02 Å². The minimum Gasteiger partial charge on any atom is -0.465 e. The highest BCUT2D eigenvalue weighted by Crippen LogP contribution is 2.37. The molecule has 0 aliphatic rings. The third-order valence-electron chi connectivity index (χ3n) is 5.21. The molecular weight excluding hydrogens is 536 g/mol. The van der Waals surface area contributed by atoms with Gasteiger partial charge in [-0.05, 0) is 30.2 Å². The fourth-order valence-corrected chi connectivity index (χ4v) is 6.14. The van der Waals surface area contributed by atoms with E-state index in [0.29, 0.717) is 32.9 Å². The lowest BCUT2D eigenvalue weighted by Crippen LogP contribution is -2.16. The molecule has 3 heterocycles. The van der Waals surface area contributed by atoms with E-state index in [1.54, 1.807) is 29.5 Å². The van der Waals surface area contributed by atoms with E-state index in [0.717, 1.165) is 23.4 Å². The second-order valence-electron chi connectivity index (χ2n) is 7.55. The molecule has 0 aliphatic carbocycles. The predicted octanol–water partition coefficient (Wildman–Crippen LogP) is 6.65. The molecule has 1 aromatic carbocycles. The van der Waals surface area contributed by atoms with Crippen LogP contribution in [0.25, 0.3) is 22.5 Å². The predicted molar refractivity (Wildman–Crippen MR) is 148 cm³/mol. The minimum absolute atomic E-state index is 0.0912. The zero-order valence-corrected chi connectivity index (χ0v) is 22.8. The van der Waals surface area contributed by atoms with Crippen molar-refractivity contribution < 1.29 is 14.3 Å². The van der Waals surface area contributed by atoms with Gasteiger partial charge in [-0.1, -0.05) is 48.5 Å². The van der Waals surface area contributed by atoms with E-state index in [1.165, 1.54) is 35.1 Å². The Hall–Kier alpha value is -2.92. The molecule has 0 saturated heterocycles. The smallest absolute Gasteiger partial charge is 0.341 e. The summed E-state index contributed by atoms with van der Waals surface area (Å²) in [5.74, 6) is 0.0379. The molecule has 0 bridgehead atoms. The Labute approximate surface area is 226 Å². The SMILES string of the molecule is C=CCn1c(SCC(=O)Nc2scc(-c3ccc(Cl)cc3)c2C(=O)OC)nnc1-c1csc(CC)c1. The summed E-state index contributed by atoms with van der Waals surface area (Å²) in [6.45, 7) is 6.47. The van der Waals surface area contributed by atoms with Gasteiger partial charge in [0.05, 0.1) is 12.9 Å². The molecule has 36 heavy (non-hydrogen) atoms. The van der Waals surface area contributed by atoms with Gasteiger partial charge >= 0.3 is 5.97 Å². The number of carbonyl (C=O) groups is 2. The first kappa shape index (κ1) is 26.2. The molecule has 0 unspecified atom stereocenters. The minimum atomic E-state index is -0.526. The molecule has 0 radical (unpaired) electrons. The Morgan fingerprint density at radius 2 is 1.97 bits per heavy atom. The van der Waals surface area contributed by atoms with Crippen molar-refractivity contribution in [2.24, 2.45) is 0 Å². The van der Waals surface area contributed by atoms with Crippen LogP contribution in [0, 0.1) is 0 Å². The number of ether oxygens (including phenoxy) is 1. The van der Waals surface area contributed by atoms with Gasteiger partial charge in [-0.15, -0.1) is 39.4 Å². The third-order valence-corrected chi connectivity index (χ3v) is 8.41. The molecule has 11 heteroatoms. The van der Waals surface area contributed by atoms with E-state index in [4.69, 9.17) is 16.3 Å². The number of rotatable bonds is 10. The van der Waals surface area contributed by atoms with Crippen molar-refractivity contribution in [1.82, 2.24) is 14.8 Å². The number of nitrogens with zero attached hydrogens (tertiary/aromatic N) is 3. The van der Waals surface area contributed by atoms with Gasteiger partial charge in [0.2, 0.25) is 5.91 Å². The first-order chi connectivity index (χ1) is 17.4. The van der Waals surface area contributed by atoms with Gasteiger partial charge < -0.3 is 10.1 Å². The fourth-order valence-electron chi connectivity index (χ4n) is 3.48. The zero-order chi connectivity index (χ0) is 25.7. The summed E-state index contributed by atoms with van der Waals surface area (Å²) in [4.78, 5) is 26.7. The van der Waals surface area contributed by atoms with Crippen molar-refractivity contribution in [2.75, 3.05) is 18.2 Å². The second-order valence-corrected chi connectivity index (χ2v) is 10.8. The number of aryl methyl sites for hydroxylation is 1. The zero-order valence-electron chi connectivity index (χ0n) is 19.6. The Balaban J connectivity index is 1.51. The average molecular weight is 559 g/mol. The summed E-state index contributed by atoms with van der Waals surface area (Å²) in [6.07, 6.45) is 2.73. The molecule has 0 fully saturated rings. The molecule has 3 aromatic heterocycles. The summed E-state index contributed by atoms with van der Waals surface area (Å²) in [5.41, 5.74) is 2.78. The fraction of sp³-hybridized carbons (Fsp3) is 0.200. The summed E-state index contributed by atoms with van der Waals surface area (Å²) in [7, 11) is 1.31. The molecule has 0 atom stereocenters. The molecule has 0 spiro atoms. The van der Waals surface area contributed by atoms with Crippen LogP contribution in [0.5, 0.6) is 0 Å². The summed E-state index contributed by atoms with van der Waals surface area (Å²) < 4.78 is 6.92. The number of carbonyl (C=O) groups excluding carboxylic acids is 2. The Kier molecular flexibility index (Phi) is 8.63. The van der Waals surface area contributed by atoms with Gasteiger partial charge in [0, 0.05) is 38.3 Å². The highest BCUT2D eigenvalue weighted by atomic mass is 35.5. The van der Waals surface area contributed by atoms with E-state index in [1.807, 2.05) is 22.1 Å². The third kappa shape index (κ3) is 5.73. The lowest BCUT2D eigenvalue weighted by atomic mass is 10.0. The standard InChI is InChI=1S/C25H23ClN4O3S3/c1-4-10-30-22(16-11-18(5-2)34-12-16)28-29-25(30)36-14-20(31)27-23-21(24(32)33-3)19(13-35-23)15-6-8-17(26)9-7-15/h4,6-9,11-13H,1,5,10,14H2,2-3H3,(H,27,31). The first-order valence-corrected chi connectivity index (χ1v) is 14.1. The number of aromatic nitrogens is 3. The number of benzene rings is 1. The molecular formula is C25H23ClN4O3S3. The maximum Gasteiger partial charge on any atom is 0.341 e. The molecule has 1 amide bonds. The quantitative estimate of drug-likeness (QED) is 0.133.